The Morgan fingerprint density at radius 2 is 1.81 bits per heavy atom. The number of H-pyrrole nitrogens is 2. The van der Waals surface area contributed by atoms with E-state index in [2.05, 4.69) is 34.6 Å². The van der Waals surface area contributed by atoms with Crippen molar-refractivity contribution in [1.29, 1.82) is 0 Å². The van der Waals surface area contributed by atoms with Crippen LogP contribution in [0.15, 0.2) is 39.9 Å². The number of thiophene rings is 1. The highest BCUT2D eigenvalue weighted by Gasteiger charge is 2.08. The van der Waals surface area contributed by atoms with E-state index in [-0.39, 0.29) is 11.1 Å². The van der Waals surface area contributed by atoms with Crippen molar-refractivity contribution in [3.05, 3.63) is 60.8 Å². The van der Waals surface area contributed by atoms with Gasteiger partial charge in [-0.3, -0.25) is 19.8 Å². The molecule has 3 N–H and O–H groups in total. The van der Waals surface area contributed by atoms with E-state index >= 15 is 0 Å². The van der Waals surface area contributed by atoms with Gasteiger partial charge in [-0.05, 0) is 30.7 Å². The van der Waals surface area contributed by atoms with Crippen LogP contribution < -0.4 is 16.4 Å². The zero-order chi connectivity index (χ0) is 14.8. The van der Waals surface area contributed by atoms with Gasteiger partial charge in [-0.15, -0.1) is 11.3 Å². The second-order valence-corrected chi connectivity index (χ2v) is 5.96. The molecule has 0 saturated heterocycles. The molecule has 0 aliphatic rings. The molecule has 0 spiro atoms. The van der Waals surface area contributed by atoms with Crippen molar-refractivity contribution in [2.45, 2.75) is 19.9 Å². The average molecular weight is 301 g/mol. The molecule has 0 radical (unpaired) electrons. The molecule has 0 fully saturated rings. The zero-order valence-corrected chi connectivity index (χ0v) is 12.3. The molecule has 2 aromatic heterocycles. The quantitative estimate of drug-likeness (QED) is 0.692. The number of hydrogen-bond acceptors (Lipinski definition) is 4. The second kappa shape index (κ2) is 5.57. The molecule has 0 unspecified atom stereocenters. The number of aromatic nitrogens is 2. The van der Waals surface area contributed by atoms with Gasteiger partial charge in [0, 0.05) is 22.0 Å². The van der Waals surface area contributed by atoms with Crippen LogP contribution >= 0.6 is 11.3 Å². The van der Waals surface area contributed by atoms with E-state index < -0.39 is 0 Å². The first-order chi connectivity index (χ1) is 10.2. The molecule has 108 valence electrons. The molecule has 5 nitrogen and oxygen atoms in total. The fourth-order valence-electron chi connectivity index (χ4n) is 2.27. The van der Waals surface area contributed by atoms with Crippen LogP contribution in [0, 0.1) is 0 Å². The Kier molecular flexibility index (Phi) is 3.62. The maximum atomic E-state index is 12.0. The summed E-state index contributed by atoms with van der Waals surface area (Å²) in [6, 6.07) is 9.42. The molecular formula is C15H15N3O2S. The van der Waals surface area contributed by atoms with Gasteiger partial charge in [0.1, 0.15) is 0 Å². The third-order valence-corrected chi connectivity index (χ3v) is 4.57. The van der Waals surface area contributed by atoms with Gasteiger partial charge in [0.15, 0.2) is 0 Å². The van der Waals surface area contributed by atoms with Crippen LogP contribution in [0.2, 0.25) is 0 Å². The Hall–Kier alpha value is -2.34. The summed E-state index contributed by atoms with van der Waals surface area (Å²) in [7, 11) is 0. The van der Waals surface area contributed by atoms with Crippen LogP contribution in [0.3, 0.4) is 0 Å². The van der Waals surface area contributed by atoms with Gasteiger partial charge < -0.3 is 5.32 Å². The molecule has 2 heterocycles. The summed E-state index contributed by atoms with van der Waals surface area (Å²) in [5.41, 5.74) is 0.0806. The minimum atomic E-state index is -0.298. The highest BCUT2D eigenvalue weighted by Crippen LogP contribution is 2.21. The smallest absolute Gasteiger partial charge is 0.272 e. The summed E-state index contributed by atoms with van der Waals surface area (Å²) in [5.74, 6) is 0. The van der Waals surface area contributed by atoms with Crippen LogP contribution in [0.5, 0.6) is 0 Å². The first-order valence-corrected chi connectivity index (χ1v) is 7.56. The van der Waals surface area contributed by atoms with Crippen molar-refractivity contribution < 1.29 is 0 Å². The maximum absolute atomic E-state index is 12.0. The number of hydrogen-bond donors (Lipinski definition) is 3. The maximum Gasteiger partial charge on any atom is 0.272 e. The van der Waals surface area contributed by atoms with Crippen molar-refractivity contribution in [2.24, 2.45) is 0 Å². The second-order valence-electron chi connectivity index (χ2n) is 4.71. The Labute approximate surface area is 124 Å². The summed E-state index contributed by atoms with van der Waals surface area (Å²) in [6.45, 7) is 2.76. The molecule has 0 atom stereocenters. The Morgan fingerprint density at radius 1 is 1.05 bits per heavy atom. The van der Waals surface area contributed by atoms with E-state index in [0.29, 0.717) is 23.0 Å². The van der Waals surface area contributed by atoms with Crippen LogP contribution in [0.1, 0.15) is 16.7 Å². The highest BCUT2D eigenvalue weighted by atomic mass is 32.1. The first kappa shape index (κ1) is 13.6. The largest absolute Gasteiger partial charge is 0.379 e. The third-order valence-electron chi connectivity index (χ3n) is 3.34. The summed E-state index contributed by atoms with van der Waals surface area (Å²) < 4.78 is 0. The van der Waals surface area contributed by atoms with Crippen LogP contribution in [0.4, 0.5) is 5.69 Å². The fourth-order valence-corrected chi connectivity index (χ4v) is 3.16. The summed E-state index contributed by atoms with van der Waals surface area (Å²) in [5, 5.41) is 8.74. The average Bonchev–Trinajstić information content (AvgIpc) is 2.97. The van der Waals surface area contributed by atoms with E-state index in [4.69, 9.17) is 0 Å². The van der Waals surface area contributed by atoms with Crippen molar-refractivity contribution in [1.82, 2.24) is 10.2 Å². The van der Waals surface area contributed by atoms with Crippen LogP contribution in [0.25, 0.3) is 10.8 Å². The predicted molar refractivity (Wildman–Crippen MR) is 86.2 cm³/mol. The molecule has 0 amide bonds. The molecule has 0 aliphatic heterocycles. The Balaban J connectivity index is 1.96. The molecule has 0 bridgehead atoms. The van der Waals surface area contributed by atoms with E-state index in [9.17, 15) is 9.59 Å². The number of benzene rings is 1. The van der Waals surface area contributed by atoms with E-state index in [0.717, 1.165) is 6.42 Å². The number of nitrogens with one attached hydrogen (secondary N) is 3. The minimum absolute atomic E-state index is 0.294. The van der Waals surface area contributed by atoms with Gasteiger partial charge in [-0.2, -0.15) is 0 Å². The number of anilines is 1. The summed E-state index contributed by atoms with van der Waals surface area (Å²) in [4.78, 5) is 26.2. The van der Waals surface area contributed by atoms with E-state index in [1.807, 2.05) is 6.07 Å². The monoisotopic (exact) mass is 301 g/mol. The van der Waals surface area contributed by atoms with Crippen molar-refractivity contribution in [3.63, 3.8) is 0 Å². The van der Waals surface area contributed by atoms with Gasteiger partial charge >= 0.3 is 0 Å². The van der Waals surface area contributed by atoms with Crippen molar-refractivity contribution >= 4 is 27.8 Å². The number of rotatable bonds is 4. The zero-order valence-electron chi connectivity index (χ0n) is 11.5. The molecule has 3 aromatic rings. The standard InChI is InChI=1S/C15H15N3O2S/c1-2-9-6-7-10(21-9)8-16-12-5-3-4-11-13(12)15(20)18-17-14(11)19/h3-7,16H,2,8H2,1H3,(H,17,19)(H,18,20). The Morgan fingerprint density at radius 3 is 2.57 bits per heavy atom. The van der Waals surface area contributed by atoms with E-state index in [1.165, 1.54) is 9.75 Å². The number of fused-ring (bicyclic) bond motifs is 1. The normalized spacial score (nSPS) is 10.9. The Bertz CT molecular complexity index is 892. The van der Waals surface area contributed by atoms with Gasteiger partial charge in [-0.1, -0.05) is 13.0 Å². The summed E-state index contributed by atoms with van der Waals surface area (Å²) >= 11 is 1.75. The number of aromatic amines is 2. The third kappa shape index (κ3) is 2.62. The number of aryl methyl sites for hydroxylation is 1. The lowest BCUT2D eigenvalue weighted by molar-refractivity contribution is 0.976. The topological polar surface area (TPSA) is 77.8 Å². The molecular weight excluding hydrogens is 286 g/mol. The van der Waals surface area contributed by atoms with Gasteiger partial charge in [0.2, 0.25) is 0 Å². The lowest BCUT2D eigenvalue weighted by Gasteiger charge is -2.07. The molecule has 6 heteroatoms. The first-order valence-electron chi connectivity index (χ1n) is 6.74. The SMILES string of the molecule is CCc1ccc(CNc2cccc3c(=O)[nH][nH]c(=O)c23)s1. The highest BCUT2D eigenvalue weighted by molar-refractivity contribution is 7.12. The predicted octanol–water partition coefficient (Wildman–Crippen LogP) is 2.45. The van der Waals surface area contributed by atoms with Crippen molar-refractivity contribution in [2.75, 3.05) is 5.32 Å². The lowest BCUT2D eigenvalue weighted by atomic mass is 10.1. The molecule has 0 aliphatic carbocycles. The van der Waals surface area contributed by atoms with Gasteiger partial charge in [0.25, 0.3) is 11.1 Å². The van der Waals surface area contributed by atoms with Gasteiger partial charge in [0.05, 0.1) is 10.8 Å². The van der Waals surface area contributed by atoms with Gasteiger partial charge in [-0.25, -0.2) is 0 Å². The molecule has 21 heavy (non-hydrogen) atoms. The fraction of sp³-hybridized carbons (Fsp3) is 0.200. The lowest BCUT2D eigenvalue weighted by Crippen LogP contribution is -2.20. The summed E-state index contributed by atoms with van der Waals surface area (Å²) in [6.07, 6.45) is 1.02. The minimum Gasteiger partial charge on any atom is -0.379 e. The molecule has 0 saturated carbocycles. The molecule has 3 rings (SSSR count). The molecule has 1 aromatic carbocycles. The van der Waals surface area contributed by atoms with Crippen LogP contribution in [-0.4, -0.2) is 10.2 Å². The van der Waals surface area contributed by atoms with E-state index in [1.54, 1.807) is 23.5 Å². The van der Waals surface area contributed by atoms with Crippen LogP contribution in [-0.2, 0) is 13.0 Å². The van der Waals surface area contributed by atoms with Crippen molar-refractivity contribution in [3.8, 4) is 0 Å².